The number of nitrogens with one attached hydrogen (secondary N) is 1. The molecule has 0 aliphatic rings. The molecular formula is C12H18FNO2. The molecule has 4 heteroatoms. The molecule has 0 amide bonds. The second-order valence-electron chi connectivity index (χ2n) is 3.73. The topological polar surface area (TPSA) is 30.5 Å². The Hall–Kier alpha value is -1.29. The van der Waals surface area contributed by atoms with Crippen molar-refractivity contribution in [2.45, 2.75) is 20.0 Å². The van der Waals surface area contributed by atoms with Crippen LogP contribution in [0.5, 0.6) is 5.75 Å². The van der Waals surface area contributed by atoms with Crippen LogP contribution in [0.1, 0.15) is 13.8 Å². The van der Waals surface area contributed by atoms with Crippen molar-refractivity contribution in [1.29, 1.82) is 0 Å². The van der Waals surface area contributed by atoms with Crippen molar-refractivity contribution in [1.82, 2.24) is 0 Å². The van der Waals surface area contributed by atoms with Crippen LogP contribution >= 0.6 is 0 Å². The molecular weight excluding hydrogens is 209 g/mol. The van der Waals surface area contributed by atoms with E-state index in [2.05, 4.69) is 5.32 Å². The van der Waals surface area contributed by atoms with Gasteiger partial charge < -0.3 is 14.8 Å². The Bertz CT molecular complexity index is 329. The summed E-state index contributed by atoms with van der Waals surface area (Å²) in [6.45, 7) is 4.97. The van der Waals surface area contributed by atoms with Gasteiger partial charge in [0.25, 0.3) is 0 Å². The summed E-state index contributed by atoms with van der Waals surface area (Å²) in [5.41, 5.74) is 0.727. The summed E-state index contributed by atoms with van der Waals surface area (Å²) < 4.78 is 23.7. The van der Waals surface area contributed by atoms with Gasteiger partial charge in [-0.05, 0) is 26.0 Å². The third-order valence-electron chi connectivity index (χ3n) is 1.93. The first kappa shape index (κ1) is 12.8. The van der Waals surface area contributed by atoms with Crippen LogP contribution in [0.25, 0.3) is 0 Å². The quantitative estimate of drug-likeness (QED) is 0.758. The van der Waals surface area contributed by atoms with Gasteiger partial charge >= 0.3 is 0 Å². The minimum Gasteiger partial charge on any atom is -0.488 e. The number of hydrogen-bond donors (Lipinski definition) is 1. The maximum absolute atomic E-state index is 13.5. The lowest BCUT2D eigenvalue weighted by molar-refractivity contribution is 0.210. The lowest BCUT2D eigenvalue weighted by Gasteiger charge is -2.12. The molecule has 0 spiro atoms. The highest BCUT2D eigenvalue weighted by molar-refractivity contribution is 5.47. The molecule has 0 aliphatic carbocycles. The lowest BCUT2D eigenvalue weighted by atomic mass is 10.3. The van der Waals surface area contributed by atoms with Crippen LogP contribution in [0.3, 0.4) is 0 Å². The number of methoxy groups -OCH3 is 1. The highest BCUT2D eigenvalue weighted by Crippen LogP contribution is 2.21. The van der Waals surface area contributed by atoms with E-state index >= 15 is 0 Å². The predicted octanol–water partition coefficient (Wildman–Crippen LogP) is 2.67. The Kier molecular flexibility index (Phi) is 5.05. The van der Waals surface area contributed by atoms with Crippen LogP contribution in [-0.2, 0) is 4.74 Å². The monoisotopic (exact) mass is 227 g/mol. The summed E-state index contributed by atoms with van der Waals surface area (Å²) >= 11 is 0. The molecule has 90 valence electrons. The minimum atomic E-state index is -0.351. The number of halogens is 1. The van der Waals surface area contributed by atoms with Crippen molar-refractivity contribution < 1.29 is 13.9 Å². The fourth-order valence-electron chi connectivity index (χ4n) is 1.26. The Morgan fingerprint density at radius 1 is 1.38 bits per heavy atom. The first-order valence-electron chi connectivity index (χ1n) is 5.32. The van der Waals surface area contributed by atoms with Crippen LogP contribution in [0, 0.1) is 5.82 Å². The molecule has 16 heavy (non-hydrogen) atoms. The molecule has 0 heterocycles. The molecule has 1 N–H and O–H groups in total. The predicted molar refractivity (Wildman–Crippen MR) is 62.5 cm³/mol. The van der Waals surface area contributed by atoms with Crippen LogP contribution < -0.4 is 10.1 Å². The van der Waals surface area contributed by atoms with E-state index in [0.29, 0.717) is 13.2 Å². The van der Waals surface area contributed by atoms with E-state index in [1.54, 1.807) is 19.2 Å². The van der Waals surface area contributed by atoms with E-state index in [-0.39, 0.29) is 17.7 Å². The van der Waals surface area contributed by atoms with Gasteiger partial charge in [0.1, 0.15) is 0 Å². The van der Waals surface area contributed by atoms with Crippen LogP contribution in [0.4, 0.5) is 10.1 Å². The summed E-state index contributed by atoms with van der Waals surface area (Å²) in [6.07, 6.45) is -0.0261. The number of rotatable bonds is 6. The Balaban J connectivity index is 2.60. The highest BCUT2D eigenvalue weighted by Gasteiger charge is 2.06. The molecule has 0 aromatic heterocycles. The molecule has 0 atom stereocenters. The smallest absolute Gasteiger partial charge is 0.167 e. The zero-order valence-electron chi connectivity index (χ0n) is 9.92. The van der Waals surface area contributed by atoms with Crippen molar-refractivity contribution in [3.63, 3.8) is 0 Å². The molecule has 0 bridgehead atoms. The standard InChI is InChI=1S/C12H18FNO2/c1-9(2)16-12-5-4-10(8-11(12)13)14-6-7-15-3/h4-5,8-9,14H,6-7H2,1-3H3. The normalized spacial score (nSPS) is 10.6. The second-order valence-corrected chi connectivity index (χ2v) is 3.73. The number of hydrogen-bond acceptors (Lipinski definition) is 3. The molecule has 1 aromatic rings. The number of anilines is 1. The second kappa shape index (κ2) is 6.33. The van der Waals surface area contributed by atoms with Gasteiger partial charge in [-0.25, -0.2) is 4.39 Å². The lowest BCUT2D eigenvalue weighted by Crippen LogP contribution is -2.09. The molecule has 0 unspecified atom stereocenters. The summed E-state index contributed by atoms with van der Waals surface area (Å²) in [4.78, 5) is 0. The average molecular weight is 227 g/mol. The third-order valence-corrected chi connectivity index (χ3v) is 1.93. The Morgan fingerprint density at radius 2 is 2.12 bits per heavy atom. The van der Waals surface area contributed by atoms with E-state index in [4.69, 9.17) is 9.47 Å². The molecule has 0 fully saturated rings. The van der Waals surface area contributed by atoms with Crippen molar-refractivity contribution in [3.8, 4) is 5.75 Å². The van der Waals surface area contributed by atoms with Gasteiger partial charge in [-0.2, -0.15) is 0 Å². The molecule has 0 saturated carbocycles. The van der Waals surface area contributed by atoms with Gasteiger partial charge in [-0.3, -0.25) is 0 Å². The zero-order valence-corrected chi connectivity index (χ0v) is 9.92. The van der Waals surface area contributed by atoms with Gasteiger partial charge in [0, 0.05) is 25.4 Å². The maximum atomic E-state index is 13.5. The first-order valence-corrected chi connectivity index (χ1v) is 5.32. The van der Waals surface area contributed by atoms with Crippen LogP contribution in [-0.4, -0.2) is 26.4 Å². The van der Waals surface area contributed by atoms with Gasteiger partial charge in [-0.1, -0.05) is 0 Å². The average Bonchev–Trinajstić information content (AvgIpc) is 2.22. The van der Waals surface area contributed by atoms with E-state index in [1.165, 1.54) is 6.07 Å². The fourth-order valence-corrected chi connectivity index (χ4v) is 1.26. The molecule has 0 aliphatic heterocycles. The highest BCUT2D eigenvalue weighted by atomic mass is 19.1. The SMILES string of the molecule is COCCNc1ccc(OC(C)C)c(F)c1. The van der Waals surface area contributed by atoms with E-state index in [0.717, 1.165) is 5.69 Å². The summed E-state index contributed by atoms with van der Waals surface area (Å²) in [7, 11) is 1.63. The van der Waals surface area contributed by atoms with Crippen molar-refractivity contribution in [2.75, 3.05) is 25.6 Å². The molecule has 0 radical (unpaired) electrons. The number of benzene rings is 1. The van der Waals surface area contributed by atoms with E-state index in [1.807, 2.05) is 13.8 Å². The summed E-state index contributed by atoms with van der Waals surface area (Å²) in [6, 6.07) is 4.84. The van der Waals surface area contributed by atoms with Gasteiger partial charge in [0.2, 0.25) is 0 Å². The Labute approximate surface area is 95.6 Å². The van der Waals surface area contributed by atoms with Gasteiger partial charge in [0.05, 0.1) is 12.7 Å². The maximum Gasteiger partial charge on any atom is 0.167 e. The van der Waals surface area contributed by atoms with Crippen molar-refractivity contribution in [3.05, 3.63) is 24.0 Å². The van der Waals surface area contributed by atoms with Gasteiger partial charge in [-0.15, -0.1) is 0 Å². The van der Waals surface area contributed by atoms with Crippen LogP contribution in [0.2, 0.25) is 0 Å². The summed E-state index contributed by atoms with van der Waals surface area (Å²) in [5.74, 6) is -0.0663. The zero-order chi connectivity index (χ0) is 12.0. The van der Waals surface area contributed by atoms with Gasteiger partial charge in [0.15, 0.2) is 11.6 Å². The molecule has 3 nitrogen and oxygen atoms in total. The minimum absolute atomic E-state index is 0.0261. The first-order chi connectivity index (χ1) is 7.63. The molecule has 0 saturated heterocycles. The van der Waals surface area contributed by atoms with E-state index in [9.17, 15) is 4.39 Å². The van der Waals surface area contributed by atoms with Crippen molar-refractivity contribution >= 4 is 5.69 Å². The third kappa shape index (κ3) is 4.06. The molecule has 1 rings (SSSR count). The largest absolute Gasteiger partial charge is 0.488 e. The molecule has 1 aromatic carbocycles. The van der Waals surface area contributed by atoms with Crippen molar-refractivity contribution in [2.24, 2.45) is 0 Å². The number of ether oxygens (including phenoxy) is 2. The summed E-state index contributed by atoms with van der Waals surface area (Å²) in [5, 5.41) is 3.05. The fraction of sp³-hybridized carbons (Fsp3) is 0.500. The van der Waals surface area contributed by atoms with Crippen LogP contribution in [0.15, 0.2) is 18.2 Å². The Morgan fingerprint density at radius 3 is 2.69 bits per heavy atom. The van der Waals surface area contributed by atoms with E-state index < -0.39 is 0 Å².